The molecule has 0 saturated heterocycles. The van der Waals surface area contributed by atoms with Crippen LogP contribution in [-0.2, 0) is 5.41 Å². The van der Waals surface area contributed by atoms with Crippen LogP contribution in [0, 0.1) is 0 Å². The number of hydrogen-bond donors (Lipinski definition) is 0. The van der Waals surface area contributed by atoms with Crippen LogP contribution in [0.5, 0.6) is 0 Å². The van der Waals surface area contributed by atoms with Crippen LogP contribution in [0.25, 0.3) is 88.5 Å². The molecule has 10 aromatic rings. The molecular weight excluding hydrogens is 677 g/mol. The molecule has 262 valence electrons. The van der Waals surface area contributed by atoms with E-state index in [1.165, 1.54) is 71.3 Å². The first-order valence-corrected chi connectivity index (χ1v) is 19.3. The molecule has 0 fully saturated rings. The summed E-state index contributed by atoms with van der Waals surface area (Å²) in [6.45, 7) is 2.37. The molecular formula is C54H36N2. The standard InChI is InChI=1S/C54H36N2/c1-54(40-19-6-3-7-20-40)48-26-13-12-23-43(48)45-24-14-25-46(52(45)54)50-34-49(36-16-4-2-5-17-36)55-53(56-50)38-29-27-37(28-30-38)51-42-22-11-9-18-39(42)33-47-41-21-10-8-15-35(41)31-32-44(47)51/h2-34H,1H3. The van der Waals surface area contributed by atoms with Gasteiger partial charge < -0.3 is 0 Å². The fourth-order valence-corrected chi connectivity index (χ4v) is 9.28. The lowest BCUT2D eigenvalue weighted by Gasteiger charge is -2.30. The maximum Gasteiger partial charge on any atom is 0.160 e. The Labute approximate surface area is 326 Å². The molecule has 0 spiro atoms. The van der Waals surface area contributed by atoms with Gasteiger partial charge in [0.25, 0.3) is 0 Å². The molecule has 1 atom stereocenters. The monoisotopic (exact) mass is 712 g/mol. The predicted molar refractivity (Wildman–Crippen MR) is 234 cm³/mol. The largest absolute Gasteiger partial charge is 0.228 e. The summed E-state index contributed by atoms with van der Waals surface area (Å²) in [5, 5.41) is 7.52. The number of rotatable bonds is 5. The van der Waals surface area contributed by atoms with E-state index in [4.69, 9.17) is 9.97 Å². The maximum absolute atomic E-state index is 5.42. The van der Waals surface area contributed by atoms with Gasteiger partial charge in [-0.05, 0) is 90.3 Å². The summed E-state index contributed by atoms with van der Waals surface area (Å²) in [7, 11) is 0. The third-order valence-electron chi connectivity index (χ3n) is 11.9. The van der Waals surface area contributed by atoms with Crippen LogP contribution < -0.4 is 0 Å². The predicted octanol–water partition coefficient (Wildman–Crippen LogP) is 13.9. The summed E-state index contributed by atoms with van der Waals surface area (Å²) in [5.41, 5.74) is 13.4. The SMILES string of the molecule is CC1(c2ccccc2)c2ccccc2-c2cccc(-c3cc(-c4ccccc4)nc(-c4ccc(-c5c6ccccc6cc6c5ccc5ccccc56)cc4)n3)c21. The Bertz CT molecular complexity index is 3130. The summed E-state index contributed by atoms with van der Waals surface area (Å²) >= 11 is 0. The van der Waals surface area contributed by atoms with Gasteiger partial charge in [-0.25, -0.2) is 9.97 Å². The Balaban J connectivity index is 1.10. The summed E-state index contributed by atoms with van der Waals surface area (Å²) in [6, 6.07) is 72.2. The van der Waals surface area contributed by atoms with Crippen molar-refractivity contribution in [2.24, 2.45) is 0 Å². The Morgan fingerprint density at radius 1 is 0.375 bits per heavy atom. The van der Waals surface area contributed by atoms with Crippen LogP contribution in [0.4, 0.5) is 0 Å². The number of fused-ring (bicyclic) bond motifs is 7. The fourth-order valence-electron chi connectivity index (χ4n) is 9.28. The molecule has 2 nitrogen and oxygen atoms in total. The summed E-state index contributed by atoms with van der Waals surface area (Å²) in [4.78, 5) is 10.7. The topological polar surface area (TPSA) is 25.8 Å². The van der Waals surface area contributed by atoms with Gasteiger partial charge in [-0.1, -0.05) is 188 Å². The molecule has 0 aliphatic heterocycles. The molecule has 1 unspecified atom stereocenters. The number of hydrogen-bond acceptors (Lipinski definition) is 2. The Morgan fingerprint density at radius 3 is 1.82 bits per heavy atom. The molecule has 1 aromatic heterocycles. The molecule has 2 heteroatoms. The van der Waals surface area contributed by atoms with Gasteiger partial charge in [0.15, 0.2) is 5.82 Å². The van der Waals surface area contributed by atoms with Crippen molar-refractivity contribution in [2.75, 3.05) is 0 Å². The summed E-state index contributed by atoms with van der Waals surface area (Å²) in [5.74, 6) is 0.705. The zero-order valence-corrected chi connectivity index (χ0v) is 30.9. The molecule has 11 rings (SSSR count). The fraction of sp³-hybridized carbons (Fsp3) is 0.0370. The summed E-state index contributed by atoms with van der Waals surface area (Å²) in [6.07, 6.45) is 0. The lowest BCUT2D eigenvalue weighted by molar-refractivity contribution is 0.715. The van der Waals surface area contributed by atoms with Crippen LogP contribution in [0.1, 0.15) is 23.6 Å². The zero-order valence-electron chi connectivity index (χ0n) is 30.9. The van der Waals surface area contributed by atoms with E-state index < -0.39 is 0 Å². The average molecular weight is 713 g/mol. The molecule has 0 N–H and O–H groups in total. The molecule has 1 aliphatic carbocycles. The molecule has 1 aliphatic rings. The normalized spacial score (nSPS) is 14.6. The highest BCUT2D eigenvalue weighted by Crippen LogP contribution is 2.55. The van der Waals surface area contributed by atoms with E-state index >= 15 is 0 Å². The molecule has 9 aromatic carbocycles. The van der Waals surface area contributed by atoms with Gasteiger partial charge in [0.05, 0.1) is 11.4 Å². The number of benzene rings is 9. The molecule has 0 saturated carbocycles. The van der Waals surface area contributed by atoms with Crippen molar-refractivity contribution in [3.8, 4) is 56.2 Å². The van der Waals surface area contributed by atoms with Crippen LogP contribution in [0.2, 0.25) is 0 Å². The minimum Gasteiger partial charge on any atom is -0.228 e. The minimum atomic E-state index is -0.365. The van der Waals surface area contributed by atoms with Gasteiger partial charge in [0.2, 0.25) is 0 Å². The van der Waals surface area contributed by atoms with Crippen molar-refractivity contribution < 1.29 is 0 Å². The molecule has 0 bridgehead atoms. The Kier molecular flexibility index (Phi) is 7.33. The number of nitrogens with zero attached hydrogens (tertiary/aromatic N) is 2. The van der Waals surface area contributed by atoms with Gasteiger partial charge in [-0.15, -0.1) is 0 Å². The minimum absolute atomic E-state index is 0.365. The van der Waals surface area contributed by atoms with Crippen LogP contribution in [0.15, 0.2) is 200 Å². The van der Waals surface area contributed by atoms with Crippen molar-refractivity contribution in [2.45, 2.75) is 12.3 Å². The van der Waals surface area contributed by atoms with E-state index in [0.717, 1.165) is 28.1 Å². The molecule has 0 radical (unpaired) electrons. The lowest BCUT2D eigenvalue weighted by atomic mass is 9.72. The third-order valence-corrected chi connectivity index (χ3v) is 11.9. The first-order chi connectivity index (χ1) is 27.6. The van der Waals surface area contributed by atoms with Crippen LogP contribution in [0.3, 0.4) is 0 Å². The van der Waals surface area contributed by atoms with Gasteiger partial charge in [0.1, 0.15) is 0 Å². The van der Waals surface area contributed by atoms with E-state index in [1.54, 1.807) is 0 Å². The zero-order chi connectivity index (χ0) is 37.2. The van der Waals surface area contributed by atoms with Crippen molar-refractivity contribution in [1.82, 2.24) is 9.97 Å². The number of aromatic nitrogens is 2. The van der Waals surface area contributed by atoms with E-state index in [2.05, 4.69) is 207 Å². The van der Waals surface area contributed by atoms with E-state index in [9.17, 15) is 0 Å². The Morgan fingerprint density at radius 2 is 1.00 bits per heavy atom. The van der Waals surface area contributed by atoms with Crippen molar-refractivity contribution >= 4 is 32.3 Å². The van der Waals surface area contributed by atoms with E-state index in [0.29, 0.717) is 5.82 Å². The smallest absolute Gasteiger partial charge is 0.160 e. The highest BCUT2D eigenvalue weighted by molar-refractivity contribution is 6.20. The van der Waals surface area contributed by atoms with Crippen LogP contribution in [-0.4, -0.2) is 9.97 Å². The van der Waals surface area contributed by atoms with E-state index in [-0.39, 0.29) is 5.41 Å². The van der Waals surface area contributed by atoms with Gasteiger partial charge in [-0.2, -0.15) is 0 Å². The first kappa shape index (κ1) is 32.3. The van der Waals surface area contributed by atoms with Gasteiger partial charge in [0, 0.05) is 22.1 Å². The van der Waals surface area contributed by atoms with E-state index in [1.807, 2.05) is 0 Å². The second kappa shape index (κ2) is 12.7. The maximum atomic E-state index is 5.42. The molecule has 1 heterocycles. The van der Waals surface area contributed by atoms with Crippen molar-refractivity contribution in [1.29, 1.82) is 0 Å². The lowest BCUT2D eigenvalue weighted by Crippen LogP contribution is -2.23. The third kappa shape index (κ3) is 4.96. The Hall–Kier alpha value is -7.16. The van der Waals surface area contributed by atoms with Gasteiger partial charge >= 0.3 is 0 Å². The summed E-state index contributed by atoms with van der Waals surface area (Å²) < 4.78 is 0. The quantitative estimate of drug-likeness (QED) is 0.131. The van der Waals surface area contributed by atoms with Gasteiger partial charge in [-0.3, -0.25) is 0 Å². The average Bonchev–Trinajstić information content (AvgIpc) is 3.55. The van der Waals surface area contributed by atoms with Crippen molar-refractivity contribution in [3.63, 3.8) is 0 Å². The van der Waals surface area contributed by atoms with Crippen LogP contribution >= 0.6 is 0 Å². The second-order valence-electron chi connectivity index (χ2n) is 15.0. The molecule has 0 amide bonds. The first-order valence-electron chi connectivity index (χ1n) is 19.3. The second-order valence-corrected chi connectivity index (χ2v) is 15.0. The van der Waals surface area contributed by atoms with Crippen molar-refractivity contribution in [3.05, 3.63) is 217 Å². The highest BCUT2D eigenvalue weighted by Gasteiger charge is 2.42. The highest BCUT2D eigenvalue weighted by atomic mass is 14.9. The molecule has 56 heavy (non-hydrogen) atoms.